The number of carbonyl (C=O) groups excluding carboxylic acids is 1. The Morgan fingerprint density at radius 2 is 2.17 bits per heavy atom. The Hall–Kier alpha value is -2.31. The molecular formula is C11H16N4O3. The molecule has 7 nitrogen and oxygen atoms in total. The first-order chi connectivity index (χ1) is 8.27. The first kappa shape index (κ1) is 13.8. The fourth-order valence-corrected chi connectivity index (χ4v) is 1.29. The molecule has 0 aliphatic rings. The summed E-state index contributed by atoms with van der Waals surface area (Å²) >= 11 is 0. The van der Waals surface area contributed by atoms with E-state index >= 15 is 0 Å². The zero-order chi connectivity index (χ0) is 13.9. The number of H-pyrrole nitrogens is 1. The smallest absolute Gasteiger partial charge is 0.257 e. The molecule has 1 amide bonds. The molecule has 0 aromatic carbocycles. The summed E-state index contributed by atoms with van der Waals surface area (Å²) in [4.78, 5) is 26.3. The second kappa shape index (κ2) is 4.91. The number of hydrogen-bond acceptors (Lipinski definition) is 4. The highest BCUT2D eigenvalue weighted by Gasteiger charge is 2.27. The number of carbonyl (C=O) groups is 1. The van der Waals surface area contributed by atoms with Crippen molar-refractivity contribution in [1.29, 1.82) is 0 Å². The van der Waals surface area contributed by atoms with Crippen LogP contribution in [0.4, 0.5) is 0 Å². The van der Waals surface area contributed by atoms with Gasteiger partial charge >= 0.3 is 0 Å². The third kappa shape index (κ3) is 2.88. The SMILES string of the molecule is Cc1cc(=O)c(C(=O)NC(C)(C)C(N)=NO)c[nH]1. The third-order valence-electron chi connectivity index (χ3n) is 2.48. The number of nitrogens with zero attached hydrogens (tertiary/aromatic N) is 1. The van der Waals surface area contributed by atoms with Gasteiger partial charge in [0.1, 0.15) is 5.56 Å². The van der Waals surface area contributed by atoms with Gasteiger partial charge in [-0.05, 0) is 20.8 Å². The molecule has 0 aliphatic carbocycles. The van der Waals surface area contributed by atoms with E-state index in [0.29, 0.717) is 5.69 Å². The minimum Gasteiger partial charge on any atom is -0.409 e. The second-order valence-corrected chi connectivity index (χ2v) is 4.46. The number of aromatic amines is 1. The number of aryl methyl sites for hydroxylation is 1. The Morgan fingerprint density at radius 1 is 1.56 bits per heavy atom. The summed E-state index contributed by atoms with van der Waals surface area (Å²) in [5, 5.41) is 13.9. The van der Waals surface area contributed by atoms with Crippen LogP contribution in [0.1, 0.15) is 29.9 Å². The van der Waals surface area contributed by atoms with Gasteiger partial charge in [0.25, 0.3) is 5.91 Å². The number of nitrogens with one attached hydrogen (secondary N) is 2. The van der Waals surface area contributed by atoms with E-state index in [4.69, 9.17) is 10.9 Å². The molecule has 1 aromatic heterocycles. The molecule has 1 heterocycles. The minimum absolute atomic E-state index is 0.0283. The molecule has 0 spiro atoms. The third-order valence-corrected chi connectivity index (χ3v) is 2.48. The molecule has 0 fully saturated rings. The summed E-state index contributed by atoms with van der Waals surface area (Å²) in [6.45, 7) is 4.83. The van der Waals surface area contributed by atoms with Crippen LogP contribution in [0.5, 0.6) is 0 Å². The van der Waals surface area contributed by atoms with Gasteiger partial charge < -0.3 is 21.2 Å². The Balaban J connectivity index is 3.00. The average Bonchev–Trinajstić information content (AvgIpc) is 2.26. The highest BCUT2D eigenvalue weighted by Crippen LogP contribution is 2.04. The average molecular weight is 252 g/mol. The summed E-state index contributed by atoms with van der Waals surface area (Å²) in [6, 6.07) is 1.32. The van der Waals surface area contributed by atoms with E-state index in [-0.39, 0.29) is 16.8 Å². The van der Waals surface area contributed by atoms with Crippen molar-refractivity contribution in [2.45, 2.75) is 26.3 Å². The number of pyridine rings is 1. The van der Waals surface area contributed by atoms with Crippen LogP contribution >= 0.6 is 0 Å². The zero-order valence-electron chi connectivity index (χ0n) is 10.4. The van der Waals surface area contributed by atoms with Crippen molar-refractivity contribution < 1.29 is 10.0 Å². The van der Waals surface area contributed by atoms with E-state index in [0.717, 1.165) is 0 Å². The van der Waals surface area contributed by atoms with Gasteiger partial charge in [0.05, 0.1) is 5.54 Å². The molecule has 0 aliphatic heterocycles. The van der Waals surface area contributed by atoms with Gasteiger partial charge in [-0.25, -0.2) is 0 Å². The van der Waals surface area contributed by atoms with Crippen molar-refractivity contribution in [1.82, 2.24) is 10.3 Å². The lowest BCUT2D eigenvalue weighted by molar-refractivity contribution is 0.0929. The fourth-order valence-electron chi connectivity index (χ4n) is 1.29. The number of hydrogen-bond donors (Lipinski definition) is 4. The molecule has 0 saturated heterocycles. The van der Waals surface area contributed by atoms with E-state index in [9.17, 15) is 9.59 Å². The van der Waals surface area contributed by atoms with E-state index in [1.54, 1.807) is 20.8 Å². The Morgan fingerprint density at radius 3 is 2.67 bits per heavy atom. The van der Waals surface area contributed by atoms with Crippen molar-refractivity contribution in [2.24, 2.45) is 10.9 Å². The summed E-state index contributed by atoms with van der Waals surface area (Å²) in [7, 11) is 0. The van der Waals surface area contributed by atoms with Gasteiger partial charge in [0, 0.05) is 18.0 Å². The summed E-state index contributed by atoms with van der Waals surface area (Å²) in [5.74, 6) is -0.743. The lowest BCUT2D eigenvalue weighted by atomic mass is 10.0. The van der Waals surface area contributed by atoms with E-state index in [1.807, 2.05) is 0 Å². The normalized spacial score (nSPS) is 12.3. The van der Waals surface area contributed by atoms with Gasteiger partial charge in [-0.1, -0.05) is 5.16 Å². The number of aromatic nitrogens is 1. The van der Waals surface area contributed by atoms with Crippen molar-refractivity contribution in [3.05, 3.63) is 33.7 Å². The van der Waals surface area contributed by atoms with Gasteiger partial charge in [0.2, 0.25) is 0 Å². The number of amides is 1. The Bertz CT molecular complexity index is 545. The van der Waals surface area contributed by atoms with Crippen LogP contribution < -0.4 is 16.5 Å². The molecule has 5 N–H and O–H groups in total. The predicted octanol–water partition coefficient (Wildman–Crippen LogP) is -0.0619. The highest BCUT2D eigenvalue weighted by atomic mass is 16.4. The summed E-state index contributed by atoms with van der Waals surface area (Å²) < 4.78 is 0. The van der Waals surface area contributed by atoms with Gasteiger partial charge in [-0.15, -0.1) is 0 Å². The number of rotatable bonds is 3. The Labute approximate surface area is 104 Å². The van der Waals surface area contributed by atoms with Gasteiger partial charge in [0.15, 0.2) is 11.3 Å². The molecule has 7 heteroatoms. The molecule has 0 saturated carbocycles. The molecule has 0 radical (unpaired) electrons. The monoisotopic (exact) mass is 252 g/mol. The molecule has 18 heavy (non-hydrogen) atoms. The molecule has 1 rings (SSSR count). The lowest BCUT2D eigenvalue weighted by Crippen LogP contribution is -2.53. The van der Waals surface area contributed by atoms with Crippen molar-refractivity contribution in [2.75, 3.05) is 0 Å². The first-order valence-electron chi connectivity index (χ1n) is 5.28. The molecule has 1 aromatic rings. The van der Waals surface area contributed by atoms with Crippen LogP contribution in [0, 0.1) is 6.92 Å². The van der Waals surface area contributed by atoms with Gasteiger partial charge in [-0.2, -0.15) is 0 Å². The van der Waals surface area contributed by atoms with Crippen LogP contribution in [0.15, 0.2) is 22.2 Å². The highest BCUT2D eigenvalue weighted by molar-refractivity contribution is 5.99. The first-order valence-corrected chi connectivity index (χ1v) is 5.28. The standard InChI is InChI=1S/C11H16N4O3/c1-6-4-8(16)7(5-13-6)9(17)14-11(2,3)10(12)15-18/h4-5,18H,1-3H3,(H2,12,15)(H,13,16)(H,14,17). The maximum Gasteiger partial charge on any atom is 0.257 e. The maximum absolute atomic E-state index is 11.9. The Kier molecular flexibility index (Phi) is 3.75. The number of oxime groups is 1. The molecule has 0 bridgehead atoms. The summed E-state index contributed by atoms with van der Waals surface area (Å²) in [6.07, 6.45) is 1.33. The van der Waals surface area contributed by atoms with Crippen LogP contribution in [0.25, 0.3) is 0 Å². The van der Waals surface area contributed by atoms with Crippen LogP contribution in [-0.2, 0) is 0 Å². The maximum atomic E-state index is 11.9. The lowest BCUT2D eigenvalue weighted by Gasteiger charge is -2.24. The van der Waals surface area contributed by atoms with Crippen molar-refractivity contribution in [3.8, 4) is 0 Å². The topological polar surface area (TPSA) is 121 Å². The van der Waals surface area contributed by atoms with E-state index in [1.165, 1.54) is 12.3 Å². The van der Waals surface area contributed by atoms with E-state index in [2.05, 4.69) is 15.5 Å². The predicted molar refractivity (Wildman–Crippen MR) is 66.8 cm³/mol. The second-order valence-electron chi connectivity index (χ2n) is 4.46. The van der Waals surface area contributed by atoms with Crippen LogP contribution in [0.3, 0.4) is 0 Å². The fraction of sp³-hybridized carbons (Fsp3) is 0.364. The van der Waals surface area contributed by atoms with Crippen LogP contribution in [-0.4, -0.2) is 27.5 Å². The van der Waals surface area contributed by atoms with Crippen molar-refractivity contribution in [3.63, 3.8) is 0 Å². The quantitative estimate of drug-likeness (QED) is 0.260. The van der Waals surface area contributed by atoms with E-state index < -0.39 is 11.4 Å². The number of nitrogens with two attached hydrogens (primary N) is 1. The molecule has 0 atom stereocenters. The largest absolute Gasteiger partial charge is 0.409 e. The zero-order valence-corrected chi connectivity index (χ0v) is 10.4. The number of amidine groups is 1. The molecule has 0 unspecified atom stereocenters. The molecular weight excluding hydrogens is 236 g/mol. The molecule has 98 valence electrons. The van der Waals surface area contributed by atoms with Gasteiger partial charge in [-0.3, -0.25) is 9.59 Å². The van der Waals surface area contributed by atoms with Crippen molar-refractivity contribution >= 4 is 11.7 Å². The summed E-state index contributed by atoms with van der Waals surface area (Å²) in [5.41, 5.74) is 4.63. The van der Waals surface area contributed by atoms with Crippen LogP contribution in [0.2, 0.25) is 0 Å². The minimum atomic E-state index is -1.05.